The lowest BCUT2D eigenvalue weighted by atomic mass is 9.95. The van der Waals surface area contributed by atoms with E-state index < -0.39 is 0 Å². The van der Waals surface area contributed by atoms with Crippen molar-refractivity contribution in [3.8, 4) is 11.1 Å². The Morgan fingerprint density at radius 1 is 1.39 bits per heavy atom. The van der Waals surface area contributed by atoms with Crippen molar-refractivity contribution in [1.82, 2.24) is 10.2 Å². The minimum absolute atomic E-state index is 0.535. The van der Waals surface area contributed by atoms with Crippen LogP contribution in [0.15, 0.2) is 18.2 Å². The molecule has 18 heavy (non-hydrogen) atoms. The van der Waals surface area contributed by atoms with E-state index in [1.54, 1.807) is 0 Å². The van der Waals surface area contributed by atoms with Gasteiger partial charge in [0.15, 0.2) is 0 Å². The summed E-state index contributed by atoms with van der Waals surface area (Å²) in [6.45, 7) is 4.87. The SMILES string of the molecule is Cc1n[nH]c(C)c1-c1ccc2c(c1)C(CN)CC2. The summed E-state index contributed by atoms with van der Waals surface area (Å²) in [5, 5.41) is 7.33. The first-order valence-corrected chi connectivity index (χ1v) is 6.55. The van der Waals surface area contributed by atoms with E-state index in [-0.39, 0.29) is 0 Å². The van der Waals surface area contributed by atoms with E-state index in [0.29, 0.717) is 5.92 Å². The number of rotatable bonds is 2. The summed E-state index contributed by atoms with van der Waals surface area (Å²) in [7, 11) is 0. The largest absolute Gasteiger partial charge is 0.330 e. The number of H-pyrrole nitrogens is 1. The summed E-state index contributed by atoms with van der Waals surface area (Å²) in [4.78, 5) is 0. The van der Waals surface area contributed by atoms with E-state index in [4.69, 9.17) is 5.73 Å². The summed E-state index contributed by atoms with van der Waals surface area (Å²) >= 11 is 0. The van der Waals surface area contributed by atoms with Gasteiger partial charge in [0.25, 0.3) is 0 Å². The molecule has 1 aromatic carbocycles. The molecule has 1 heterocycles. The van der Waals surface area contributed by atoms with Crippen LogP contribution in [-0.4, -0.2) is 16.7 Å². The molecule has 0 saturated carbocycles. The average Bonchev–Trinajstić information content (AvgIpc) is 2.92. The van der Waals surface area contributed by atoms with Gasteiger partial charge in [0.1, 0.15) is 0 Å². The molecule has 1 aromatic heterocycles. The molecule has 3 heteroatoms. The summed E-state index contributed by atoms with van der Waals surface area (Å²) in [5.41, 5.74) is 13.5. The molecule has 0 radical (unpaired) electrons. The normalized spacial score (nSPS) is 18.1. The van der Waals surface area contributed by atoms with Crippen molar-refractivity contribution in [3.63, 3.8) is 0 Å². The maximum absolute atomic E-state index is 5.86. The molecule has 1 aliphatic carbocycles. The van der Waals surface area contributed by atoms with Crippen LogP contribution in [0.1, 0.15) is 34.9 Å². The van der Waals surface area contributed by atoms with E-state index in [1.807, 2.05) is 6.92 Å². The van der Waals surface area contributed by atoms with Gasteiger partial charge in [0.2, 0.25) is 0 Å². The van der Waals surface area contributed by atoms with Crippen molar-refractivity contribution < 1.29 is 0 Å². The predicted molar refractivity (Wildman–Crippen MR) is 73.6 cm³/mol. The van der Waals surface area contributed by atoms with Gasteiger partial charge in [-0.3, -0.25) is 5.10 Å². The monoisotopic (exact) mass is 241 g/mol. The minimum Gasteiger partial charge on any atom is -0.330 e. The molecule has 0 spiro atoms. The summed E-state index contributed by atoms with van der Waals surface area (Å²) in [6.07, 6.45) is 2.36. The molecule has 1 unspecified atom stereocenters. The van der Waals surface area contributed by atoms with E-state index in [2.05, 4.69) is 35.3 Å². The number of hydrogen-bond acceptors (Lipinski definition) is 2. The van der Waals surface area contributed by atoms with E-state index in [1.165, 1.54) is 35.1 Å². The van der Waals surface area contributed by atoms with Gasteiger partial charge in [-0.25, -0.2) is 0 Å². The Morgan fingerprint density at radius 2 is 2.22 bits per heavy atom. The molecule has 2 aromatic rings. The number of hydrogen-bond donors (Lipinski definition) is 2. The number of aromatic nitrogens is 2. The molecule has 0 amide bonds. The third-order valence-electron chi connectivity index (χ3n) is 4.05. The van der Waals surface area contributed by atoms with Crippen molar-refractivity contribution in [3.05, 3.63) is 40.7 Å². The maximum Gasteiger partial charge on any atom is 0.0672 e. The number of nitrogens with zero attached hydrogens (tertiary/aromatic N) is 1. The number of aromatic amines is 1. The Labute approximate surface area is 107 Å². The Morgan fingerprint density at radius 3 is 2.89 bits per heavy atom. The van der Waals surface area contributed by atoms with Crippen LogP contribution in [0.4, 0.5) is 0 Å². The van der Waals surface area contributed by atoms with Crippen LogP contribution in [0.25, 0.3) is 11.1 Å². The lowest BCUT2D eigenvalue weighted by Gasteiger charge is -2.10. The quantitative estimate of drug-likeness (QED) is 0.849. The highest BCUT2D eigenvalue weighted by molar-refractivity contribution is 5.70. The third kappa shape index (κ3) is 1.66. The molecule has 0 saturated heterocycles. The Bertz CT molecular complexity index is 564. The predicted octanol–water partition coefficient (Wildman–Crippen LogP) is 2.68. The molecular formula is C15H19N3. The highest BCUT2D eigenvalue weighted by atomic mass is 15.1. The van der Waals surface area contributed by atoms with Gasteiger partial charge in [0, 0.05) is 11.3 Å². The van der Waals surface area contributed by atoms with Gasteiger partial charge in [-0.1, -0.05) is 18.2 Å². The molecule has 3 rings (SSSR count). The van der Waals surface area contributed by atoms with E-state index in [9.17, 15) is 0 Å². The molecule has 1 atom stereocenters. The average molecular weight is 241 g/mol. The molecule has 0 bridgehead atoms. The lowest BCUT2D eigenvalue weighted by Crippen LogP contribution is -2.09. The van der Waals surface area contributed by atoms with Crippen LogP contribution in [-0.2, 0) is 6.42 Å². The second-order valence-electron chi connectivity index (χ2n) is 5.19. The lowest BCUT2D eigenvalue weighted by molar-refractivity contribution is 0.688. The van der Waals surface area contributed by atoms with Crippen LogP contribution in [0, 0.1) is 13.8 Å². The Kier molecular flexibility index (Phi) is 2.71. The van der Waals surface area contributed by atoms with Crippen LogP contribution in [0.3, 0.4) is 0 Å². The van der Waals surface area contributed by atoms with Gasteiger partial charge in [-0.05, 0) is 55.8 Å². The Hall–Kier alpha value is -1.61. The fraction of sp³-hybridized carbons (Fsp3) is 0.400. The topological polar surface area (TPSA) is 54.7 Å². The van der Waals surface area contributed by atoms with Crippen molar-refractivity contribution in [1.29, 1.82) is 0 Å². The number of fused-ring (bicyclic) bond motifs is 1. The van der Waals surface area contributed by atoms with Crippen LogP contribution in [0.2, 0.25) is 0 Å². The van der Waals surface area contributed by atoms with Gasteiger partial charge < -0.3 is 5.73 Å². The number of nitrogens with two attached hydrogens (primary N) is 1. The standard InChI is InChI=1S/C15H19N3/c1-9-15(10(2)18-17-9)12-5-3-11-4-6-13(8-16)14(11)7-12/h3,5,7,13H,4,6,8,16H2,1-2H3,(H,17,18). The first-order valence-electron chi connectivity index (χ1n) is 6.55. The van der Waals surface area contributed by atoms with Gasteiger partial charge in [-0.2, -0.15) is 5.10 Å². The van der Waals surface area contributed by atoms with Crippen molar-refractivity contribution in [2.75, 3.05) is 6.54 Å². The molecule has 3 N–H and O–H groups in total. The molecule has 0 aliphatic heterocycles. The fourth-order valence-corrected chi connectivity index (χ4v) is 3.06. The fourth-order valence-electron chi connectivity index (χ4n) is 3.06. The number of benzene rings is 1. The molecule has 0 fully saturated rings. The zero-order chi connectivity index (χ0) is 12.7. The van der Waals surface area contributed by atoms with Crippen LogP contribution >= 0.6 is 0 Å². The van der Waals surface area contributed by atoms with E-state index in [0.717, 1.165) is 17.9 Å². The van der Waals surface area contributed by atoms with Gasteiger partial charge >= 0.3 is 0 Å². The van der Waals surface area contributed by atoms with E-state index >= 15 is 0 Å². The van der Waals surface area contributed by atoms with Crippen molar-refractivity contribution in [2.45, 2.75) is 32.6 Å². The Balaban J connectivity index is 2.10. The highest BCUT2D eigenvalue weighted by Gasteiger charge is 2.22. The zero-order valence-corrected chi connectivity index (χ0v) is 11.0. The molecule has 3 nitrogen and oxygen atoms in total. The van der Waals surface area contributed by atoms with Gasteiger partial charge in [-0.15, -0.1) is 0 Å². The third-order valence-corrected chi connectivity index (χ3v) is 4.05. The second kappa shape index (κ2) is 4.25. The van der Waals surface area contributed by atoms with Crippen molar-refractivity contribution >= 4 is 0 Å². The smallest absolute Gasteiger partial charge is 0.0672 e. The van der Waals surface area contributed by atoms with Crippen molar-refractivity contribution in [2.24, 2.45) is 5.73 Å². The van der Waals surface area contributed by atoms with Crippen LogP contribution in [0.5, 0.6) is 0 Å². The highest BCUT2D eigenvalue weighted by Crippen LogP contribution is 2.36. The van der Waals surface area contributed by atoms with Gasteiger partial charge in [0.05, 0.1) is 5.69 Å². The zero-order valence-electron chi connectivity index (χ0n) is 11.0. The first kappa shape index (κ1) is 11.5. The molecular weight excluding hydrogens is 222 g/mol. The molecule has 1 aliphatic rings. The first-order chi connectivity index (χ1) is 8.70. The number of nitrogens with one attached hydrogen (secondary N) is 1. The summed E-state index contributed by atoms with van der Waals surface area (Å²) in [5.74, 6) is 0.535. The minimum atomic E-state index is 0.535. The second-order valence-corrected chi connectivity index (χ2v) is 5.19. The number of aryl methyl sites for hydroxylation is 3. The maximum atomic E-state index is 5.86. The molecule has 94 valence electrons. The summed E-state index contributed by atoms with van der Waals surface area (Å²) < 4.78 is 0. The summed E-state index contributed by atoms with van der Waals surface area (Å²) in [6, 6.07) is 6.78. The van der Waals surface area contributed by atoms with Crippen LogP contribution < -0.4 is 5.73 Å².